The third-order valence-electron chi connectivity index (χ3n) is 3.33. The first kappa shape index (κ1) is 8.04. The Morgan fingerprint density at radius 1 is 1.36 bits per heavy atom. The molecule has 72 valence electrons. The van der Waals surface area contributed by atoms with Gasteiger partial charge in [0, 0.05) is 6.04 Å². The third-order valence-corrected chi connectivity index (χ3v) is 3.33. The van der Waals surface area contributed by atoms with Gasteiger partial charge in [-0.05, 0) is 30.9 Å². The second-order valence-corrected chi connectivity index (χ2v) is 4.25. The zero-order valence-electron chi connectivity index (χ0n) is 8.29. The number of amides is 1. The standard InChI is InChI=1S/C12H13NO/c1-8-5-6-9-3-2-4-10-7-11(14)13(8)12(9)10/h2-4,8H,5-7H2,1H3/t8-/m1/s1. The molecule has 0 N–H and O–H groups in total. The molecule has 2 aliphatic rings. The molecule has 0 aromatic heterocycles. The summed E-state index contributed by atoms with van der Waals surface area (Å²) in [5.41, 5.74) is 3.79. The highest BCUT2D eigenvalue weighted by molar-refractivity contribution is 6.03. The summed E-state index contributed by atoms with van der Waals surface area (Å²) in [6.07, 6.45) is 2.82. The van der Waals surface area contributed by atoms with E-state index in [9.17, 15) is 4.79 Å². The first-order valence-corrected chi connectivity index (χ1v) is 5.20. The van der Waals surface area contributed by atoms with Gasteiger partial charge in [-0.15, -0.1) is 0 Å². The SMILES string of the molecule is C[C@@H]1CCc2cccc3c2N1C(=O)C3. The van der Waals surface area contributed by atoms with Gasteiger partial charge in [0.15, 0.2) is 0 Å². The lowest BCUT2D eigenvalue weighted by atomic mass is 9.96. The molecule has 0 bridgehead atoms. The number of carbonyl (C=O) groups is 1. The van der Waals surface area contributed by atoms with Crippen molar-refractivity contribution >= 4 is 11.6 Å². The maximum Gasteiger partial charge on any atom is 0.231 e. The maximum atomic E-state index is 11.8. The topological polar surface area (TPSA) is 20.3 Å². The highest BCUT2D eigenvalue weighted by atomic mass is 16.2. The van der Waals surface area contributed by atoms with Crippen molar-refractivity contribution in [2.24, 2.45) is 0 Å². The van der Waals surface area contributed by atoms with E-state index in [4.69, 9.17) is 0 Å². The van der Waals surface area contributed by atoms with E-state index in [1.54, 1.807) is 0 Å². The summed E-state index contributed by atoms with van der Waals surface area (Å²) in [5, 5.41) is 0. The molecule has 1 aromatic carbocycles. The smallest absolute Gasteiger partial charge is 0.231 e. The van der Waals surface area contributed by atoms with E-state index in [1.165, 1.54) is 16.8 Å². The minimum Gasteiger partial charge on any atom is -0.309 e. The van der Waals surface area contributed by atoms with E-state index in [2.05, 4.69) is 25.1 Å². The lowest BCUT2D eigenvalue weighted by molar-refractivity contribution is -0.117. The molecule has 2 nitrogen and oxygen atoms in total. The van der Waals surface area contributed by atoms with Crippen LogP contribution in [0.4, 0.5) is 5.69 Å². The molecular weight excluding hydrogens is 174 g/mol. The van der Waals surface area contributed by atoms with E-state index in [0.29, 0.717) is 12.5 Å². The van der Waals surface area contributed by atoms with Crippen LogP contribution in [-0.4, -0.2) is 11.9 Å². The van der Waals surface area contributed by atoms with E-state index in [-0.39, 0.29) is 5.91 Å². The fourth-order valence-electron chi connectivity index (χ4n) is 2.63. The Morgan fingerprint density at radius 3 is 3.00 bits per heavy atom. The average Bonchev–Trinajstić information content (AvgIpc) is 2.51. The normalized spacial score (nSPS) is 23.9. The second-order valence-electron chi connectivity index (χ2n) is 4.25. The number of para-hydroxylation sites is 1. The first-order valence-electron chi connectivity index (χ1n) is 5.20. The van der Waals surface area contributed by atoms with Crippen molar-refractivity contribution in [3.05, 3.63) is 29.3 Å². The van der Waals surface area contributed by atoms with Crippen LogP contribution in [0, 0.1) is 0 Å². The predicted molar refractivity (Wildman–Crippen MR) is 55.4 cm³/mol. The third kappa shape index (κ3) is 0.884. The Hall–Kier alpha value is -1.31. The fraction of sp³-hybridized carbons (Fsp3) is 0.417. The molecule has 0 saturated carbocycles. The quantitative estimate of drug-likeness (QED) is 0.607. The van der Waals surface area contributed by atoms with Crippen molar-refractivity contribution in [3.63, 3.8) is 0 Å². The van der Waals surface area contributed by atoms with E-state index in [1.807, 2.05) is 4.90 Å². The molecule has 3 rings (SSSR count). The van der Waals surface area contributed by atoms with Gasteiger partial charge in [0.2, 0.25) is 5.91 Å². The Morgan fingerprint density at radius 2 is 2.14 bits per heavy atom. The largest absolute Gasteiger partial charge is 0.309 e. The lowest BCUT2D eigenvalue weighted by Gasteiger charge is -2.31. The Balaban J connectivity index is 2.24. The number of anilines is 1. The molecule has 0 saturated heterocycles. The van der Waals surface area contributed by atoms with Crippen molar-refractivity contribution in [2.45, 2.75) is 32.2 Å². The number of aryl methyl sites for hydroxylation is 1. The van der Waals surface area contributed by atoms with Crippen LogP contribution in [0.5, 0.6) is 0 Å². The number of hydrogen-bond acceptors (Lipinski definition) is 1. The van der Waals surface area contributed by atoms with Crippen LogP contribution < -0.4 is 4.90 Å². The van der Waals surface area contributed by atoms with Crippen LogP contribution in [0.15, 0.2) is 18.2 Å². The summed E-state index contributed by atoms with van der Waals surface area (Å²) in [5.74, 6) is 0.277. The minimum absolute atomic E-state index is 0.277. The molecule has 0 unspecified atom stereocenters. The molecule has 1 aromatic rings. The number of nitrogens with zero attached hydrogens (tertiary/aromatic N) is 1. The van der Waals surface area contributed by atoms with Gasteiger partial charge in [-0.3, -0.25) is 4.79 Å². The number of rotatable bonds is 0. The molecule has 0 fully saturated rings. The number of benzene rings is 1. The summed E-state index contributed by atoms with van der Waals surface area (Å²) in [6, 6.07) is 6.69. The maximum absolute atomic E-state index is 11.8. The molecule has 2 aliphatic heterocycles. The number of hydrogen-bond donors (Lipinski definition) is 0. The molecular formula is C12H13NO. The monoisotopic (exact) mass is 187 g/mol. The van der Waals surface area contributed by atoms with Crippen LogP contribution in [0.2, 0.25) is 0 Å². The zero-order valence-corrected chi connectivity index (χ0v) is 8.29. The van der Waals surface area contributed by atoms with Crippen molar-refractivity contribution < 1.29 is 4.79 Å². The zero-order chi connectivity index (χ0) is 9.71. The van der Waals surface area contributed by atoms with E-state index < -0.39 is 0 Å². The van der Waals surface area contributed by atoms with Gasteiger partial charge in [0.05, 0.1) is 12.1 Å². The Bertz CT molecular complexity index is 411. The summed E-state index contributed by atoms with van der Waals surface area (Å²) in [7, 11) is 0. The van der Waals surface area contributed by atoms with Gasteiger partial charge in [-0.25, -0.2) is 0 Å². The van der Waals surface area contributed by atoms with E-state index in [0.717, 1.165) is 12.8 Å². The molecule has 0 aliphatic carbocycles. The van der Waals surface area contributed by atoms with Gasteiger partial charge in [0.1, 0.15) is 0 Å². The van der Waals surface area contributed by atoms with Gasteiger partial charge in [-0.1, -0.05) is 18.2 Å². The van der Waals surface area contributed by atoms with Crippen molar-refractivity contribution in [1.82, 2.24) is 0 Å². The van der Waals surface area contributed by atoms with Gasteiger partial charge < -0.3 is 4.90 Å². The first-order chi connectivity index (χ1) is 6.77. The summed E-state index contributed by atoms with van der Waals surface area (Å²) >= 11 is 0. The summed E-state index contributed by atoms with van der Waals surface area (Å²) in [4.78, 5) is 13.8. The highest BCUT2D eigenvalue weighted by Crippen LogP contribution is 2.38. The predicted octanol–water partition coefficient (Wildman–Crippen LogP) is 1.91. The summed E-state index contributed by atoms with van der Waals surface area (Å²) in [6.45, 7) is 2.14. The molecule has 14 heavy (non-hydrogen) atoms. The van der Waals surface area contributed by atoms with Crippen LogP contribution in [0.25, 0.3) is 0 Å². The highest BCUT2D eigenvalue weighted by Gasteiger charge is 2.35. The minimum atomic E-state index is 0.277. The average molecular weight is 187 g/mol. The molecule has 0 spiro atoms. The molecule has 1 atom stereocenters. The van der Waals surface area contributed by atoms with Crippen molar-refractivity contribution in [2.75, 3.05) is 4.90 Å². The van der Waals surface area contributed by atoms with Crippen LogP contribution >= 0.6 is 0 Å². The lowest BCUT2D eigenvalue weighted by Crippen LogP contribution is -2.39. The van der Waals surface area contributed by atoms with Crippen molar-refractivity contribution in [3.8, 4) is 0 Å². The Labute approximate surface area is 83.5 Å². The molecule has 2 heteroatoms. The van der Waals surface area contributed by atoms with Crippen LogP contribution in [-0.2, 0) is 17.6 Å². The van der Waals surface area contributed by atoms with E-state index >= 15 is 0 Å². The molecule has 1 amide bonds. The summed E-state index contributed by atoms with van der Waals surface area (Å²) < 4.78 is 0. The molecule has 0 radical (unpaired) electrons. The second kappa shape index (κ2) is 2.59. The number of carbonyl (C=O) groups excluding carboxylic acids is 1. The van der Waals surface area contributed by atoms with Crippen molar-refractivity contribution in [1.29, 1.82) is 0 Å². The van der Waals surface area contributed by atoms with Crippen LogP contribution in [0.1, 0.15) is 24.5 Å². The van der Waals surface area contributed by atoms with Gasteiger partial charge in [-0.2, -0.15) is 0 Å². The van der Waals surface area contributed by atoms with Crippen LogP contribution in [0.3, 0.4) is 0 Å². The van der Waals surface area contributed by atoms with Gasteiger partial charge in [0.25, 0.3) is 0 Å². The Kier molecular flexibility index (Phi) is 1.49. The molecule has 2 heterocycles. The fourth-order valence-corrected chi connectivity index (χ4v) is 2.63. The van der Waals surface area contributed by atoms with Gasteiger partial charge >= 0.3 is 0 Å².